The molecule has 0 aromatic heterocycles. The third-order valence-corrected chi connectivity index (χ3v) is 1.24. The van der Waals surface area contributed by atoms with Crippen molar-refractivity contribution < 1.29 is 19.7 Å². The second kappa shape index (κ2) is 5.79. The summed E-state index contributed by atoms with van der Waals surface area (Å²) >= 11 is 0. The van der Waals surface area contributed by atoms with Crippen LogP contribution in [-0.2, 0) is 4.74 Å². The highest BCUT2D eigenvalue weighted by atomic mass is 16.5. The summed E-state index contributed by atoms with van der Waals surface area (Å²) in [5, 5.41) is 18.7. The first-order valence-corrected chi connectivity index (χ1v) is 3.76. The fraction of sp³-hybridized carbons (Fsp3) is 0.857. The maximum Gasteiger partial charge on any atom is 0.138 e. The Morgan fingerprint density at radius 2 is 2.25 bits per heavy atom. The van der Waals surface area contributed by atoms with E-state index in [0.29, 0.717) is 0 Å². The Balaban J connectivity index is 3.52. The summed E-state index contributed by atoms with van der Waals surface area (Å²) in [5.41, 5.74) is 0. The molecule has 0 aromatic rings. The molecule has 0 aliphatic heterocycles. The predicted molar refractivity (Wildman–Crippen MR) is 40.3 cm³/mol. The summed E-state index contributed by atoms with van der Waals surface area (Å²) in [7, 11) is 0. The molecule has 5 heteroatoms. The Bertz CT molecular complexity index is 137. The minimum Gasteiger partial charge on any atom is -0.530 e. The lowest BCUT2D eigenvalue weighted by molar-refractivity contribution is -0.269. The van der Waals surface area contributed by atoms with E-state index >= 15 is 0 Å². The molecule has 0 radical (unpaired) electrons. The van der Waals surface area contributed by atoms with Crippen LogP contribution in [0.2, 0.25) is 0 Å². The molecule has 0 fully saturated rings. The molecule has 0 aromatic carbocycles. The zero-order valence-corrected chi connectivity index (χ0v) is 7.32. The number of carbonyl (C=O) groups excluding carboxylic acids is 1. The molecule has 0 aliphatic carbocycles. The monoisotopic (exact) mass is 176 g/mol. The standard InChI is InChI=1S/C7H15NO4/c1-6(2)12-4-3-8(5-9)7(10)11/h6,9H,3-5H2,1-2H3,(H,10,11)/p-1. The van der Waals surface area contributed by atoms with E-state index in [4.69, 9.17) is 9.84 Å². The van der Waals surface area contributed by atoms with Gasteiger partial charge in [0.15, 0.2) is 0 Å². The second-order valence-electron chi connectivity index (χ2n) is 2.59. The maximum atomic E-state index is 10.2. The summed E-state index contributed by atoms with van der Waals surface area (Å²) in [5.74, 6) is 0. The summed E-state index contributed by atoms with van der Waals surface area (Å²) in [4.78, 5) is 11.0. The van der Waals surface area contributed by atoms with Crippen molar-refractivity contribution in [3.63, 3.8) is 0 Å². The number of aliphatic hydroxyl groups excluding tert-OH is 1. The van der Waals surface area contributed by atoms with Crippen LogP contribution in [0, 0.1) is 0 Å². The zero-order chi connectivity index (χ0) is 9.56. The highest BCUT2D eigenvalue weighted by Crippen LogP contribution is 1.90. The topological polar surface area (TPSA) is 72.8 Å². The molecule has 1 amide bonds. The largest absolute Gasteiger partial charge is 0.530 e. The van der Waals surface area contributed by atoms with Crippen molar-refractivity contribution in [3.05, 3.63) is 0 Å². The predicted octanol–water partition coefficient (Wildman–Crippen LogP) is -0.993. The Labute approximate surface area is 71.6 Å². The van der Waals surface area contributed by atoms with Crippen LogP contribution in [0.25, 0.3) is 0 Å². The summed E-state index contributed by atoms with van der Waals surface area (Å²) in [6.07, 6.45) is -1.32. The minimum absolute atomic E-state index is 0.0623. The molecule has 0 bridgehead atoms. The van der Waals surface area contributed by atoms with Crippen molar-refractivity contribution >= 4 is 6.09 Å². The van der Waals surface area contributed by atoms with Crippen molar-refractivity contribution in [2.45, 2.75) is 20.0 Å². The number of hydrogen-bond donors (Lipinski definition) is 1. The minimum atomic E-state index is -1.38. The van der Waals surface area contributed by atoms with Gasteiger partial charge in [0.25, 0.3) is 0 Å². The Hall–Kier alpha value is -0.810. The van der Waals surface area contributed by atoms with Gasteiger partial charge in [0, 0.05) is 6.54 Å². The molecule has 0 saturated carbocycles. The van der Waals surface area contributed by atoms with Crippen LogP contribution in [-0.4, -0.2) is 42.1 Å². The maximum absolute atomic E-state index is 10.2. The van der Waals surface area contributed by atoms with Gasteiger partial charge in [0.1, 0.15) is 12.8 Å². The van der Waals surface area contributed by atoms with Crippen molar-refractivity contribution in [1.29, 1.82) is 0 Å². The van der Waals surface area contributed by atoms with Gasteiger partial charge < -0.3 is 24.6 Å². The zero-order valence-electron chi connectivity index (χ0n) is 7.32. The smallest absolute Gasteiger partial charge is 0.138 e. The van der Waals surface area contributed by atoms with Crippen LogP contribution < -0.4 is 5.11 Å². The lowest BCUT2D eigenvalue weighted by Gasteiger charge is -2.22. The molecular weight excluding hydrogens is 162 g/mol. The Morgan fingerprint density at radius 1 is 1.67 bits per heavy atom. The lowest BCUT2D eigenvalue weighted by atomic mass is 10.5. The van der Waals surface area contributed by atoms with Crippen LogP contribution in [0.1, 0.15) is 13.8 Å². The quantitative estimate of drug-likeness (QED) is 0.546. The van der Waals surface area contributed by atoms with Crippen molar-refractivity contribution in [3.8, 4) is 0 Å². The van der Waals surface area contributed by atoms with E-state index in [2.05, 4.69) is 0 Å². The number of amides is 1. The van der Waals surface area contributed by atoms with E-state index in [9.17, 15) is 9.90 Å². The molecule has 5 nitrogen and oxygen atoms in total. The Morgan fingerprint density at radius 3 is 2.58 bits per heavy atom. The highest BCUT2D eigenvalue weighted by Gasteiger charge is 2.01. The molecule has 0 saturated heterocycles. The number of ether oxygens (including phenoxy) is 1. The van der Waals surface area contributed by atoms with E-state index < -0.39 is 12.8 Å². The first kappa shape index (κ1) is 11.2. The molecule has 72 valence electrons. The van der Waals surface area contributed by atoms with E-state index in [1.807, 2.05) is 13.8 Å². The van der Waals surface area contributed by atoms with E-state index in [0.717, 1.165) is 4.90 Å². The molecular formula is C7H14NO4-. The van der Waals surface area contributed by atoms with Gasteiger partial charge in [-0.3, -0.25) is 0 Å². The third kappa shape index (κ3) is 4.92. The number of hydrogen-bond acceptors (Lipinski definition) is 4. The van der Waals surface area contributed by atoms with Gasteiger partial charge in [-0.15, -0.1) is 0 Å². The first-order chi connectivity index (χ1) is 5.57. The number of aliphatic hydroxyl groups is 1. The average Bonchev–Trinajstić information content (AvgIpc) is 1.96. The number of rotatable bonds is 5. The number of carbonyl (C=O) groups is 1. The van der Waals surface area contributed by atoms with Crippen LogP contribution in [0.3, 0.4) is 0 Å². The van der Waals surface area contributed by atoms with Crippen LogP contribution in [0.4, 0.5) is 4.79 Å². The molecule has 0 aliphatic rings. The van der Waals surface area contributed by atoms with Crippen LogP contribution in [0.5, 0.6) is 0 Å². The molecule has 1 N–H and O–H groups in total. The molecule has 0 unspecified atom stereocenters. The van der Waals surface area contributed by atoms with E-state index in [-0.39, 0.29) is 19.3 Å². The highest BCUT2D eigenvalue weighted by molar-refractivity contribution is 5.62. The van der Waals surface area contributed by atoms with Gasteiger partial charge in [-0.1, -0.05) is 0 Å². The van der Waals surface area contributed by atoms with E-state index in [1.54, 1.807) is 0 Å². The van der Waals surface area contributed by atoms with Crippen molar-refractivity contribution in [1.82, 2.24) is 4.90 Å². The average molecular weight is 176 g/mol. The fourth-order valence-corrected chi connectivity index (χ4v) is 0.618. The van der Waals surface area contributed by atoms with Gasteiger partial charge in [-0.2, -0.15) is 0 Å². The number of carboxylic acid groups (broad SMARTS) is 1. The summed E-state index contributed by atoms with van der Waals surface area (Å²) in [6, 6.07) is 0. The van der Waals surface area contributed by atoms with Crippen LogP contribution in [0.15, 0.2) is 0 Å². The van der Waals surface area contributed by atoms with Gasteiger partial charge in [0.05, 0.1) is 12.7 Å². The second-order valence-corrected chi connectivity index (χ2v) is 2.59. The molecule has 12 heavy (non-hydrogen) atoms. The number of nitrogens with zero attached hydrogens (tertiary/aromatic N) is 1. The molecule has 0 atom stereocenters. The fourth-order valence-electron chi connectivity index (χ4n) is 0.618. The lowest BCUT2D eigenvalue weighted by Crippen LogP contribution is -2.43. The molecule has 0 heterocycles. The SMILES string of the molecule is CC(C)OCCN(CO)C(=O)[O-]. The van der Waals surface area contributed by atoms with Crippen molar-refractivity contribution in [2.24, 2.45) is 0 Å². The summed E-state index contributed by atoms with van der Waals surface area (Å²) in [6.45, 7) is 3.55. The summed E-state index contributed by atoms with van der Waals surface area (Å²) < 4.78 is 5.08. The molecule has 0 spiro atoms. The third-order valence-electron chi connectivity index (χ3n) is 1.24. The van der Waals surface area contributed by atoms with Crippen molar-refractivity contribution in [2.75, 3.05) is 19.9 Å². The molecule has 0 rings (SSSR count). The van der Waals surface area contributed by atoms with Gasteiger partial charge >= 0.3 is 0 Å². The van der Waals surface area contributed by atoms with Crippen LogP contribution >= 0.6 is 0 Å². The van der Waals surface area contributed by atoms with Gasteiger partial charge in [0.2, 0.25) is 0 Å². The normalized spacial score (nSPS) is 10.3. The van der Waals surface area contributed by atoms with E-state index in [1.165, 1.54) is 0 Å². The van der Waals surface area contributed by atoms with Gasteiger partial charge in [-0.25, -0.2) is 0 Å². The van der Waals surface area contributed by atoms with Gasteiger partial charge in [-0.05, 0) is 13.8 Å². The first-order valence-electron chi connectivity index (χ1n) is 3.76. The Kier molecular flexibility index (Phi) is 5.40.